The third-order valence-electron chi connectivity index (χ3n) is 7.19. The first-order valence-electron chi connectivity index (χ1n) is 12.8. The van der Waals surface area contributed by atoms with E-state index in [1.807, 2.05) is 44.0 Å². The molecule has 2 atom stereocenters. The van der Waals surface area contributed by atoms with Gasteiger partial charge in [0.1, 0.15) is 6.10 Å². The standard InChI is InChI=1S/C28H33N5O4S/c1-17(2)24-16-32(5)14-21-15-33(24)27(34)20-10-7-11-22(12-20)38(35,36)31-28-29-23(13-25(30-28)37-21)26-18(3)8-6-9-19(26)4/h6-13,17,21,24H,14-16H2,1-5H3,(H,29,30,31)/t21-,24+/m1/s1. The number of rotatable bonds is 2. The summed E-state index contributed by atoms with van der Waals surface area (Å²) in [6.45, 7) is 9.74. The molecule has 2 aliphatic heterocycles. The Balaban J connectivity index is 1.70. The Kier molecular flexibility index (Phi) is 6.87. The van der Waals surface area contributed by atoms with E-state index in [0.717, 1.165) is 16.7 Å². The molecule has 1 fully saturated rings. The Morgan fingerprint density at radius 1 is 1.00 bits per heavy atom. The normalized spacial score (nSPS) is 21.4. The fourth-order valence-electron chi connectivity index (χ4n) is 5.32. The van der Waals surface area contributed by atoms with E-state index in [4.69, 9.17) is 4.74 Å². The van der Waals surface area contributed by atoms with Gasteiger partial charge in [0.15, 0.2) is 0 Å². The molecule has 0 unspecified atom stereocenters. The van der Waals surface area contributed by atoms with Crippen molar-refractivity contribution >= 4 is 21.9 Å². The van der Waals surface area contributed by atoms with Crippen molar-refractivity contribution in [2.24, 2.45) is 5.92 Å². The number of ether oxygens (including phenoxy) is 1. The van der Waals surface area contributed by atoms with Crippen LogP contribution in [0.25, 0.3) is 11.3 Å². The van der Waals surface area contributed by atoms with Crippen LogP contribution in [0.3, 0.4) is 0 Å². The smallest absolute Gasteiger partial charge is 0.264 e. The van der Waals surface area contributed by atoms with Crippen molar-refractivity contribution in [3.05, 3.63) is 65.2 Å². The van der Waals surface area contributed by atoms with Crippen LogP contribution < -0.4 is 9.46 Å². The molecule has 0 aliphatic carbocycles. The van der Waals surface area contributed by atoms with Crippen LogP contribution in [0, 0.1) is 19.8 Å². The van der Waals surface area contributed by atoms with Crippen LogP contribution >= 0.6 is 0 Å². The SMILES string of the molecule is Cc1cccc(C)c1-c1cc2nc(n1)NS(=O)(=O)c1cccc(c1)C(=O)N1C[C@@H](CN(C)C[C@H]1C(C)C)O2. The van der Waals surface area contributed by atoms with Crippen LogP contribution in [0.1, 0.15) is 35.3 Å². The van der Waals surface area contributed by atoms with Crippen molar-refractivity contribution in [2.45, 2.75) is 44.7 Å². The second-order valence-corrected chi connectivity index (χ2v) is 12.2. The van der Waals surface area contributed by atoms with E-state index < -0.39 is 10.0 Å². The highest BCUT2D eigenvalue weighted by atomic mass is 32.2. The maximum Gasteiger partial charge on any atom is 0.264 e. The second kappa shape index (κ2) is 9.99. The summed E-state index contributed by atoms with van der Waals surface area (Å²) in [7, 11) is -2.06. The lowest BCUT2D eigenvalue weighted by atomic mass is 10.00. The van der Waals surface area contributed by atoms with Gasteiger partial charge in [-0.15, -0.1) is 0 Å². The van der Waals surface area contributed by atoms with Gasteiger partial charge in [0.05, 0.1) is 17.1 Å². The van der Waals surface area contributed by atoms with Crippen LogP contribution in [0.2, 0.25) is 0 Å². The summed E-state index contributed by atoms with van der Waals surface area (Å²) in [5.41, 5.74) is 3.76. The molecule has 6 bridgehead atoms. The third-order valence-corrected chi connectivity index (χ3v) is 8.52. The lowest BCUT2D eigenvalue weighted by Gasteiger charge is -2.34. The summed E-state index contributed by atoms with van der Waals surface area (Å²) in [5.74, 6) is 0.119. The molecule has 3 aromatic rings. The molecular weight excluding hydrogens is 502 g/mol. The highest BCUT2D eigenvalue weighted by Gasteiger charge is 2.35. The summed E-state index contributed by atoms with van der Waals surface area (Å²) in [4.78, 5) is 26.8. The highest BCUT2D eigenvalue weighted by Crippen LogP contribution is 2.31. The number of anilines is 1. The summed E-state index contributed by atoms with van der Waals surface area (Å²) in [6.07, 6.45) is -0.387. The largest absolute Gasteiger partial charge is 0.471 e. The van der Waals surface area contributed by atoms with Gasteiger partial charge in [0.25, 0.3) is 15.9 Å². The Hall–Kier alpha value is -3.50. The maximum atomic E-state index is 13.8. The van der Waals surface area contributed by atoms with E-state index >= 15 is 0 Å². The predicted molar refractivity (Wildman–Crippen MR) is 146 cm³/mol. The topological polar surface area (TPSA) is 105 Å². The zero-order valence-electron chi connectivity index (χ0n) is 22.3. The number of fused-ring (bicyclic) bond motifs is 6. The minimum absolute atomic E-state index is 0.0317. The zero-order valence-corrected chi connectivity index (χ0v) is 23.1. The van der Waals surface area contributed by atoms with E-state index in [0.29, 0.717) is 30.9 Å². The number of nitrogens with zero attached hydrogens (tertiary/aromatic N) is 4. The number of nitrogens with one attached hydrogen (secondary N) is 1. The third kappa shape index (κ3) is 5.10. The molecule has 0 radical (unpaired) electrons. The number of amides is 1. The molecular formula is C28H33N5O4S. The first kappa shape index (κ1) is 26.1. The molecule has 1 saturated heterocycles. The lowest BCUT2D eigenvalue weighted by Crippen LogP contribution is -2.48. The number of carbonyl (C=O) groups is 1. The van der Waals surface area contributed by atoms with E-state index in [1.54, 1.807) is 18.2 Å². The first-order chi connectivity index (χ1) is 18.0. The molecule has 1 N–H and O–H groups in total. The van der Waals surface area contributed by atoms with Gasteiger partial charge in [-0.25, -0.2) is 18.1 Å². The van der Waals surface area contributed by atoms with E-state index in [2.05, 4.69) is 33.4 Å². The van der Waals surface area contributed by atoms with Crippen LogP contribution in [0.4, 0.5) is 5.95 Å². The first-order valence-corrected chi connectivity index (χ1v) is 14.2. The number of aryl methyl sites for hydroxylation is 2. The fourth-order valence-corrected chi connectivity index (χ4v) is 6.31. The second-order valence-electron chi connectivity index (χ2n) is 10.5. The average Bonchev–Trinajstić information content (AvgIpc) is 3.01. The molecule has 10 heteroatoms. The molecule has 5 rings (SSSR count). The average molecular weight is 536 g/mol. The summed E-state index contributed by atoms with van der Waals surface area (Å²) in [6, 6.07) is 13.7. The predicted octanol–water partition coefficient (Wildman–Crippen LogP) is 3.73. The van der Waals surface area contributed by atoms with Crippen LogP contribution in [0.5, 0.6) is 5.88 Å². The molecule has 2 aromatic carbocycles. The number of sulfonamides is 1. The van der Waals surface area contributed by atoms with Gasteiger partial charge >= 0.3 is 0 Å². The molecule has 2 aliphatic rings. The Morgan fingerprint density at radius 2 is 1.71 bits per heavy atom. The number of likely N-dealkylation sites (N-methyl/N-ethyl adjacent to an activating group) is 1. The lowest BCUT2D eigenvalue weighted by molar-refractivity contribution is 0.0553. The van der Waals surface area contributed by atoms with Crippen molar-refractivity contribution in [2.75, 3.05) is 31.4 Å². The molecule has 1 amide bonds. The number of hydrogen-bond acceptors (Lipinski definition) is 7. The number of carbonyl (C=O) groups excluding carboxylic acids is 1. The minimum atomic E-state index is -4.08. The summed E-state index contributed by atoms with van der Waals surface area (Å²) >= 11 is 0. The van der Waals surface area contributed by atoms with E-state index in [9.17, 15) is 13.2 Å². The zero-order chi connectivity index (χ0) is 27.2. The molecule has 200 valence electrons. The summed E-state index contributed by atoms with van der Waals surface area (Å²) < 4.78 is 35.7. The number of aromatic nitrogens is 2. The molecule has 1 aromatic heterocycles. The van der Waals surface area contributed by atoms with Gasteiger partial charge in [-0.2, -0.15) is 4.98 Å². The van der Waals surface area contributed by atoms with Gasteiger partial charge < -0.3 is 14.5 Å². The minimum Gasteiger partial charge on any atom is -0.471 e. The van der Waals surface area contributed by atoms with Gasteiger partial charge in [0, 0.05) is 36.3 Å². The number of hydrogen-bond donors (Lipinski definition) is 1. The quantitative estimate of drug-likeness (QED) is 0.533. The molecule has 3 heterocycles. The highest BCUT2D eigenvalue weighted by molar-refractivity contribution is 7.92. The van der Waals surface area contributed by atoms with E-state index in [-0.39, 0.29) is 40.7 Å². The van der Waals surface area contributed by atoms with Gasteiger partial charge in [0.2, 0.25) is 11.8 Å². The van der Waals surface area contributed by atoms with E-state index in [1.165, 1.54) is 12.1 Å². The van der Waals surface area contributed by atoms with Gasteiger partial charge in [-0.05, 0) is 56.1 Å². The Bertz CT molecular complexity index is 1470. The van der Waals surface area contributed by atoms with Crippen molar-refractivity contribution in [1.82, 2.24) is 19.8 Å². The van der Waals surface area contributed by atoms with Crippen LogP contribution in [-0.2, 0) is 10.0 Å². The fraction of sp³-hybridized carbons (Fsp3) is 0.393. The van der Waals surface area contributed by atoms with Gasteiger partial charge in [-0.3, -0.25) is 4.79 Å². The number of benzene rings is 2. The molecule has 0 spiro atoms. The monoisotopic (exact) mass is 535 g/mol. The van der Waals surface area contributed by atoms with Crippen molar-refractivity contribution in [3.63, 3.8) is 0 Å². The Labute approximate surface area is 223 Å². The van der Waals surface area contributed by atoms with Crippen molar-refractivity contribution in [3.8, 4) is 17.1 Å². The van der Waals surface area contributed by atoms with Crippen LogP contribution in [-0.4, -0.2) is 72.9 Å². The Morgan fingerprint density at radius 3 is 2.42 bits per heavy atom. The summed E-state index contributed by atoms with van der Waals surface area (Å²) in [5, 5.41) is 0. The maximum absolute atomic E-state index is 13.8. The van der Waals surface area contributed by atoms with Crippen LogP contribution in [0.15, 0.2) is 53.4 Å². The molecule has 0 saturated carbocycles. The molecule has 38 heavy (non-hydrogen) atoms. The van der Waals surface area contributed by atoms with Crippen molar-refractivity contribution < 1.29 is 17.9 Å². The van der Waals surface area contributed by atoms with Gasteiger partial charge in [-0.1, -0.05) is 38.1 Å². The molecule has 9 nitrogen and oxygen atoms in total. The van der Waals surface area contributed by atoms with Crippen molar-refractivity contribution in [1.29, 1.82) is 0 Å².